The molecule has 3 heteroatoms. The van der Waals surface area contributed by atoms with E-state index in [-0.39, 0.29) is 0 Å². The summed E-state index contributed by atoms with van der Waals surface area (Å²) in [6, 6.07) is 5.80. The van der Waals surface area contributed by atoms with Gasteiger partial charge in [0.05, 0.1) is 0 Å². The third kappa shape index (κ3) is 2.42. The molecule has 1 aliphatic heterocycles. The van der Waals surface area contributed by atoms with Crippen molar-refractivity contribution in [3.63, 3.8) is 0 Å². The fourth-order valence-corrected chi connectivity index (χ4v) is 1.98. The summed E-state index contributed by atoms with van der Waals surface area (Å²) in [6.07, 6.45) is 1.44. The van der Waals surface area contributed by atoms with Crippen molar-refractivity contribution in [1.29, 1.82) is 0 Å². The standard InChI is InChI=1S/C12H18N2O/c1-9-7-10(13)3-4-12(9)15-11-5-6-14(2)8-11/h3-4,7,11H,5-6,8,13H2,1-2H3/t11-/m1/s1. The number of nitrogens with two attached hydrogens (primary N) is 1. The van der Waals surface area contributed by atoms with Crippen molar-refractivity contribution in [2.24, 2.45) is 0 Å². The van der Waals surface area contributed by atoms with E-state index in [0.29, 0.717) is 6.10 Å². The number of nitrogen functional groups attached to an aromatic ring is 1. The van der Waals surface area contributed by atoms with Crippen molar-refractivity contribution < 1.29 is 4.74 Å². The molecule has 1 atom stereocenters. The third-order valence-corrected chi connectivity index (χ3v) is 2.84. The van der Waals surface area contributed by atoms with E-state index in [4.69, 9.17) is 10.5 Å². The van der Waals surface area contributed by atoms with Crippen molar-refractivity contribution >= 4 is 5.69 Å². The van der Waals surface area contributed by atoms with Crippen LogP contribution in [0.3, 0.4) is 0 Å². The van der Waals surface area contributed by atoms with Crippen LogP contribution < -0.4 is 10.5 Å². The van der Waals surface area contributed by atoms with Crippen LogP contribution in [0.15, 0.2) is 18.2 Å². The first kappa shape index (κ1) is 10.3. The van der Waals surface area contributed by atoms with Crippen molar-refractivity contribution in [3.8, 4) is 5.75 Å². The molecule has 0 unspecified atom stereocenters. The molecule has 1 aromatic carbocycles. The minimum absolute atomic E-state index is 0.331. The van der Waals surface area contributed by atoms with Crippen LogP contribution in [0.4, 0.5) is 5.69 Å². The Labute approximate surface area is 90.8 Å². The summed E-state index contributed by atoms with van der Waals surface area (Å²) in [7, 11) is 2.12. The van der Waals surface area contributed by atoms with Crippen LogP contribution in [-0.4, -0.2) is 31.1 Å². The molecular formula is C12H18N2O. The molecule has 3 nitrogen and oxygen atoms in total. The predicted octanol–water partition coefficient (Wildman–Crippen LogP) is 1.66. The van der Waals surface area contributed by atoms with Crippen LogP contribution in [0.2, 0.25) is 0 Å². The zero-order chi connectivity index (χ0) is 10.8. The van der Waals surface area contributed by atoms with E-state index in [0.717, 1.165) is 36.5 Å². The highest BCUT2D eigenvalue weighted by atomic mass is 16.5. The highest BCUT2D eigenvalue weighted by Gasteiger charge is 2.21. The molecule has 1 aromatic rings. The Morgan fingerprint density at radius 3 is 2.87 bits per heavy atom. The van der Waals surface area contributed by atoms with Gasteiger partial charge >= 0.3 is 0 Å². The van der Waals surface area contributed by atoms with Gasteiger partial charge in [0.15, 0.2) is 0 Å². The van der Waals surface area contributed by atoms with Gasteiger partial charge in [-0.2, -0.15) is 0 Å². The van der Waals surface area contributed by atoms with Gasteiger partial charge in [0, 0.05) is 18.8 Å². The van der Waals surface area contributed by atoms with Gasteiger partial charge < -0.3 is 15.4 Å². The van der Waals surface area contributed by atoms with Crippen molar-refractivity contribution in [2.75, 3.05) is 25.9 Å². The normalized spacial score (nSPS) is 21.9. The molecule has 1 aliphatic rings. The van der Waals surface area contributed by atoms with E-state index in [2.05, 4.69) is 11.9 Å². The van der Waals surface area contributed by atoms with Crippen molar-refractivity contribution in [1.82, 2.24) is 4.90 Å². The Balaban J connectivity index is 2.04. The largest absolute Gasteiger partial charge is 0.489 e. The lowest BCUT2D eigenvalue weighted by molar-refractivity contribution is 0.207. The highest BCUT2D eigenvalue weighted by molar-refractivity contribution is 5.47. The van der Waals surface area contributed by atoms with Crippen LogP contribution in [0.1, 0.15) is 12.0 Å². The van der Waals surface area contributed by atoms with E-state index < -0.39 is 0 Å². The molecule has 0 amide bonds. The first-order valence-corrected chi connectivity index (χ1v) is 5.36. The monoisotopic (exact) mass is 206 g/mol. The van der Waals surface area contributed by atoms with E-state index >= 15 is 0 Å². The van der Waals surface area contributed by atoms with Gasteiger partial charge in [0.1, 0.15) is 11.9 Å². The smallest absolute Gasteiger partial charge is 0.122 e. The molecule has 0 aromatic heterocycles. The second-order valence-corrected chi connectivity index (χ2v) is 4.32. The van der Waals surface area contributed by atoms with Crippen LogP contribution in [0.5, 0.6) is 5.75 Å². The van der Waals surface area contributed by atoms with Gasteiger partial charge in [-0.25, -0.2) is 0 Å². The first-order chi connectivity index (χ1) is 7.15. The van der Waals surface area contributed by atoms with E-state index in [9.17, 15) is 0 Å². The van der Waals surface area contributed by atoms with E-state index in [1.54, 1.807) is 0 Å². The zero-order valence-corrected chi connectivity index (χ0v) is 9.36. The molecule has 0 saturated carbocycles. The maximum atomic E-state index is 5.93. The predicted molar refractivity (Wildman–Crippen MR) is 62.1 cm³/mol. The molecule has 2 rings (SSSR count). The molecule has 82 valence electrons. The summed E-state index contributed by atoms with van der Waals surface area (Å²) >= 11 is 0. The Hall–Kier alpha value is -1.22. The topological polar surface area (TPSA) is 38.5 Å². The number of rotatable bonds is 2. The molecule has 2 N–H and O–H groups in total. The minimum atomic E-state index is 0.331. The van der Waals surface area contributed by atoms with Gasteiger partial charge in [-0.05, 0) is 44.2 Å². The Bertz CT molecular complexity index is 351. The maximum absolute atomic E-state index is 5.93. The fraction of sp³-hybridized carbons (Fsp3) is 0.500. The number of hydrogen-bond donors (Lipinski definition) is 1. The van der Waals surface area contributed by atoms with Crippen molar-refractivity contribution in [3.05, 3.63) is 23.8 Å². The van der Waals surface area contributed by atoms with E-state index in [1.807, 2.05) is 25.1 Å². The van der Waals surface area contributed by atoms with Crippen LogP contribution in [0, 0.1) is 6.92 Å². The molecule has 0 bridgehead atoms. The summed E-state index contributed by atoms with van der Waals surface area (Å²) in [4.78, 5) is 2.29. The Morgan fingerprint density at radius 2 is 2.27 bits per heavy atom. The Kier molecular flexibility index (Phi) is 2.82. The van der Waals surface area contributed by atoms with Crippen LogP contribution >= 0.6 is 0 Å². The molecule has 0 radical (unpaired) electrons. The lowest BCUT2D eigenvalue weighted by Crippen LogP contribution is -2.21. The fourth-order valence-electron chi connectivity index (χ4n) is 1.98. The van der Waals surface area contributed by atoms with Gasteiger partial charge in [-0.1, -0.05) is 0 Å². The number of benzene rings is 1. The summed E-state index contributed by atoms with van der Waals surface area (Å²) < 4.78 is 5.93. The van der Waals surface area contributed by atoms with Gasteiger partial charge in [-0.15, -0.1) is 0 Å². The van der Waals surface area contributed by atoms with Gasteiger partial charge in [0.2, 0.25) is 0 Å². The number of likely N-dealkylation sites (tertiary alicyclic amines) is 1. The molecular weight excluding hydrogens is 188 g/mol. The molecule has 1 saturated heterocycles. The Morgan fingerprint density at radius 1 is 1.47 bits per heavy atom. The summed E-state index contributed by atoms with van der Waals surface area (Å²) in [6.45, 7) is 4.17. The second kappa shape index (κ2) is 4.11. The lowest BCUT2D eigenvalue weighted by Gasteiger charge is -2.15. The average Bonchev–Trinajstić information content (AvgIpc) is 2.56. The highest BCUT2D eigenvalue weighted by Crippen LogP contribution is 2.23. The maximum Gasteiger partial charge on any atom is 0.122 e. The van der Waals surface area contributed by atoms with Crippen molar-refractivity contribution in [2.45, 2.75) is 19.4 Å². The number of ether oxygens (including phenoxy) is 1. The summed E-state index contributed by atoms with van der Waals surface area (Å²) in [5, 5.41) is 0. The lowest BCUT2D eigenvalue weighted by atomic mass is 10.2. The molecule has 0 spiro atoms. The minimum Gasteiger partial charge on any atom is -0.489 e. The quantitative estimate of drug-likeness (QED) is 0.748. The summed E-state index contributed by atoms with van der Waals surface area (Å²) in [5.41, 5.74) is 7.60. The van der Waals surface area contributed by atoms with Gasteiger partial charge in [0.25, 0.3) is 0 Å². The zero-order valence-electron chi connectivity index (χ0n) is 9.36. The number of hydrogen-bond acceptors (Lipinski definition) is 3. The molecule has 0 aliphatic carbocycles. The molecule has 1 fully saturated rings. The summed E-state index contributed by atoms with van der Waals surface area (Å²) in [5.74, 6) is 0.963. The number of anilines is 1. The number of aryl methyl sites for hydroxylation is 1. The molecule has 1 heterocycles. The third-order valence-electron chi connectivity index (χ3n) is 2.84. The SMILES string of the molecule is Cc1cc(N)ccc1O[C@@H]1CCN(C)C1. The van der Waals surface area contributed by atoms with Gasteiger partial charge in [-0.3, -0.25) is 0 Å². The second-order valence-electron chi connectivity index (χ2n) is 4.32. The number of nitrogens with zero attached hydrogens (tertiary/aromatic N) is 1. The van der Waals surface area contributed by atoms with Crippen LogP contribution in [-0.2, 0) is 0 Å². The molecule has 15 heavy (non-hydrogen) atoms. The average molecular weight is 206 g/mol. The first-order valence-electron chi connectivity index (χ1n) is 5.36. The number of likely N-dealkylation sites (N-methyl/N-ethyl adjacent to an activating group) is 1. The van der Waals surface area contributed by atoms with Crippen LogP contribution in [0.25, 0.3) is 0 Å². The van der Waals surface area contributed by atoms with E-state index in [1.165, 1.54) is 0 Å².